The van der Waals surface area contributed by atoms with Crippen LogP contribution < -0.4 is 9.47 Å². The fourth-order valence-corrected chi connectivity index (χ4v) is 1.41. The maximum absolute atomic E-state index is 9.50. The molecule has 0 aliphatic rings. The highest BCUT2D eigenvalue weighted by Crippen LogP contribution is 2.25. The highest BCUT2D eigenvalue weighted by Gasteiger charge is 2.11. The van der Waals surface area contributed by atoms with Crippen LogP contribution in [0.1, 0.15) is 25.8 Å². The van der Waals surface area contributed by atoms with E-state index in [9.17, 15) is 5.11 Å². The first-order chi connectivity index (χ1) is 8.62. The van der Waals surface area contributed by atoms with Crippen molar-refractivity contribution in [2.75, 3.05) is 13.7 Å². The molecule has 1 atom stereocenters. The molecule has 0 radical (unpaired) electrons. The van der Waals surface area contributed by atoms with Crippen molar-refractivity contribution >= 4 is 5.71 Å². The molecular formula is C13H19NO4. The number of ether oxygens (including phenoxy) is 2. The summed E-state index contributed by atoms with van der Waals surface area (Å²) in [5.41, 5.74) is 1.11. The Bertz CT molecular complexity index is 417. The van der Waals surface area contributed by atoms with Crippen LogP contribution in [-0.2, 0) is 0 Å². The SMILES string of the molecule is CCC(O)COc1cc(OC)ccc1/C(C)=N/O. The third-order valence-electron chi connectivity index (χ3n) is 2.63. The summed E-state index contributed by atoms with van der Waals surface area (Å²) >= 11 is 0. The molecule has 0 fully saturated rings. The van der Waals surface area contributed by atoms with Crippen molar-refractivity contribution in [2.45, 2.75) is 26.4 Å². The van der Waals surface area contributed by atoms with Crippen molar-refractivity contribution in [1.29, 1.82) is 0 Å². The summed E-state index contributed by atoms with van der Waals surface area (Å²) in [4.78, 5) is 0. The molecule has 0 aromatic heterocycles. The quantitative estimate of drug-likeness (QED) is 0.462. The van der Waals surface area contributed by atoms with Gasteiger partial charge in [-0.15, -0.1) is 0 Å². The van der Waals surface area contributed by atoms with Crippen molar-refractivity contribution in [3.63, 3.8) is 0 Å². The zero-order chi connectivity index (χ0) is 13.5. The van der Waals surface area contributed by atoms with Crippen LogP contribution in [0, 0.1) is 0 Å². The first kappa shape index (κ1) is 14.3. The molecule has 18 heavy (non-hydrogen) atoms. The number of methoxy groups -OCH3 is 1. The van der Waals surface area contributed by atoms with Gasteiger partial charge >= 0.3 is 0 Å². The molecule has 1 rings (SSSR count). The summed E-state index contributed by atoms with van der Waals surface area (Å²) in [6, 6.07) is 5.21. The summed E-state index contributed by atoms with van der Waals surface area (Å²) in [6.07, 6.45) is 0.0993. The summed E-state index contributed by atoms with van der Waals surface area (Å²) < 4.78 is 10.6. The topological polar surface area (TPSA) is 71.3 Å². The molecule has 5 nitrogen and oxygen atoms in total. The van der Waals surface area contributed by atoms with Crippen LogP contribution in [0.5, 0.6) is 11.5 Å². The lowest BCUT2D eigenvalue weighted by Crippen LogP contribution is -2.17. The second-order valence-electron chi connectivity index (χ2n) is 3.92. The second-order valence-corrected chi connectivity index (χ2v) is 3.92. The van der Waals surface area contributed by atoms with E-state index in [1.807, 2.05) is 6.92 Å². The number of aliphatic hydroxyl groups excluding tert-OH is 1. The average molecular weight is 253 g/mol. The van der Waals surface area contributed by atoms with E-state index in [0.29, 0.717) is 29.2 Å². The predicted octanol–water partition coefficient (Wildman–Crippen LogP) is 2.04. The van der Waals surface area contributed by atoms with E-state index in [0.717, 1.165) is 0 Å². The van der Waals surface area contributed by atoms with Gasteiger partial charge in [-0.2, -0.15) is 0 Å². The molecule has 0 heterocycles. The van der Waals surface area contributed by atoms with Crippen LogP contribution in [0.2, 0.25) is 0 Å². The Balaban J connectivity index is 2.97. The van der Waals surface area contributed by atoms with Gasteiger partial charge in [0, 0.05) is 11.6 Å². The van der Waals surface area contributed by atoms with Gasteiger partial charge in [-0.05, 0) is 25.5 Å². The first-order valence-corrected chi connectivity index (χ1v) is 5.80. The zero-order valence-corrected chi connectivity index (χ0v) is 10.9. The molecule has 2 N–H and O–H groups in total. The van der Waals surface area contributed by atoms with Crippen molar-refractivity contribution in [2.24, 2.45) is 5.16 Å². The van der Waals surface area contributed by atoms with Crippen molar-refractivity contribution in [1.82, 2.24) is 0 Å². The number of hydrogen-bond acceptors (Lipinski definition) is 5. The van der Waals surface area contributed by atoms with E-state index in [-0.39, 0.29) is 6.61 Å². The number of aliphatic hydroxyl groups is 1. The summed E-state index contributed by atoms with van der Waals surface area (Å²) in [6.45, 7) is 3.74. The van der Waals surface area contributed by atoms with Crippen LogP contribution in [0.3, 0.4) is 0 Å². The van der Waals surface area contributed by atoms with E-state index >= 15 is 0 Å². The Morgan fingerprint density at radius 1 is 1.44 bits per heavy atom. The molecule has 100 valence electrons. The summed E-state index contributed by atoms with van der Waals surface area (Å²) in [5, 5.41) is 21.5. The average Bonchev–Trinajstić information content (AvgIpc) is 2.43. The van der Waals surface area contributed by atoms with E-state index < -0.39 is 6.10 Å². The van der Waals surface area contributed by atoms with Crippen molar-refractivity contribution in [3.8, 4) is 11.5 Å². The maximum atomic E-state index is 9.50. The van der Waals surface area contributed by atoms with E-state index in [4.69, 9.17) is 14.7 Å². The molecule has 0 saturated heterocycles. The first-order valence-electron chi connectivity index (χ1n) is 5.80. The van der Waals surface area contributed by atoms with Crippen LogP contribution in [0.4, 0.5) is 0 Å². The Kier molecular flexibility index (Phi) is 5.45. The second kappa shape index (κ2) is 6.86. The van der Waals surface area contributed by atoms with Crippen LogP contribution >= 0.6 is 0 Å². The zero-order valence-electron chi connectivity index (χ0n) is 10.9. The Hall–Kier alpha value is -1.75. The molecule has 1 aromatic carbocycles. The van der Waals surface area contributed by atoms with Gasteiger partial charge in [-0.1, -0.05) is 12.1 Å². The summed E-state index contributed by atoms with van der Waals surface area (Å²) in [7, 11) is 1.56. The number of benzene rings is 1. The Morgan fingerprint density at radius 3 is 2.72 bits per heavy atom. The van der Waals surface area contributed by atoms with Crippen molar-refractivity contribution in [3.05, 3.63) is 23.8 Å². The molecular weight excluding hydrogens is 234 g/mol. The van der Waals surface area contributed by atoms with Crippen LogP contribution in [-0.4, -0.2) is 35.8 Å². The Morgan fingerprint density at radius 2 is 2.17 bits per heavy atom. The Labute approximate surface area is 107 Å². The van der Waals surface area contributed by atoms with Gasteiger partial charge in [0.2, 0.25) is 0 Å². The molecule has 1 unspecified atom stereocenters. The summed E-state index contributed by atoms with van der Waals surface area (Å²) in [5.74, 6) is 1.17. The minimum atomic E-state index is -0.518. The van der Waals surface area contributed by atoms with Gasteiger partial charge in [0.1, 0.15) is 18.1 Å². The highest BCUT2D eigenvalue weighted by molar-refractivity contribution is 6.00. The smallest absolute Gasteiger partial charge is 0.132 e. The number of oxime groups is 1. The molecule has 0 aliphatic carbocycles. The number of hydrogen-bond donors (Lipinski definition) is 2. The molecule has 0 saturated carbocycles. The highest BCUT2D eigenvalue weighted by atomic mass is 16.5. The van der Waals surface area contributed by atoms with E-state index in [1.54, 1.807) is 32.2 Å². The molecule has 0 amide bonds. The van der Waals surface area contributed by atoms with Gasteiger partial charge in [-0.3, -0.25) is 0 Å². The standard InChI is InChI=1S/C13H19NO4/c1-4-10(15)8-18-13-7-11(17-3)5-6-12(13)9(2)14-16/h5-7,10,15-16H,4,8H2,1-3H3/b14-9+. The monoisotopic (exact) mass is 253 g/mol. The van der Waals surface area contributed by atoms with Gasteiger partial charge < -0.3 is 19.8 Å². The van der Waals surface area contributed by atoms with Crippen molar-refractivity contribution < 1.29 is 19.8 Å². The fraction of sp³-hybridized carbons (Fsp3) is 0.462. The molecule has 1 aromatic rings. The van der Waals surface area contributed by atoms with Gasteiger partial charge in [-0.25, -0.2) is 0 Å². The molecule has 5 heteroatoms. The minimum absolute atomic E-state index is 0.190. The maximum Gasteiger partial charge on any atom is 0.132 e. The third kappa shape index (κ3) is 3.63. The normalized spacial score (nSPS) is 13.2. The number of rotatable bonds is 6. The fourth-order valence-electron chi connectivity index (χ4n) is 1.41. The van der Waals surface area contributed by atoms with E-state index in [2.05, 4.69) is 5.16 Å². The minimum Gasteiger partial charge on any atom is -0.497 e. The van der Waals surface area contributed by atoms with E-state index in [1.165, 1.54) is 0 Å². The van der Waals surface area contributed by atoms with Gasteiger partial charge in [0.25, 0.3) is 0 Å². The van der Waals surface area contributed by atoms with Crippen LogP contribution in [0.15, 0.2) is 23.4 Å². The third-order valence-corrected chi connectivity index (χ3v) is 2.63. The molecule has 0 bridgehead atoms. The lowest BCUT2D eigenvalue weighted by molar-refractivity contribution is 0.104. The molecule has 0 aliphatic heterocycles. The van der Waals surface area contributed by atoms with Gasteiger partial charge in [0.05, 0.1) is 18.9 Å². The van der Waals surface area contributed by atoms with Crippen LogP contribution in [0.25, 0.3) is 0 Å². The predicted molar refractivity (Wildman–Crippen MR) is 68.8 cm³/mol. The lowest BCUT2D eigenvalue weighted by Gasteiger charge is -2.14. The molecule has 0 spiro atoms. The number of nitrogens with zero attached hydrogens (tertiary/aromatic N) is 1. The van der Waals surface area contributed by atoms with Gasteiger partial charge in [0.15, 0.2) is 0 Å². The lowest BCUT2D eigenvalue weighted by atomic mass is 10.1. The largest absolute Gasteiger partial charge is 0.497 e.